The highest BCUT2D eigenvalue weighted by atomic mass is 35.5. The SMILES string of the molecule is CC1CC1C(NS(=O)(=O)c1ccc(Cl)nc1)c1ccccc1. The lowest BCUT2D eigenvalue weighted by Crippen LogP contribution is -2.30. The van der Waals surface area contributed by atoms with Gasteiger partial charge in [0.15, 0.2) is 0 Å². The molecule has 1 aliphatic carbocycles. The van der Waals surface area contributed by atoms with Crippen LogP contribution in [0.25, 0.3) is 0 Å². The van der Waals surface area contributed by atoms with Crippen LogP contribution in [0.1, 0.15) is 24.9 Å². The molecule has 1 N–H and O–H groups in total. The van der Waals surface area contributed by atoms with Gasteiger partial charge in [-0.3, -0.25) is 0 Å². The van der Waals surface area contributed by atoms with Crippen molar-refractivity contribution >= 4 is 21.6 Å². The molecule has 0 saturated heterocycles. The lowest BCUT2D eigenvalue weighted by molar-refractivity contribution is 0.513. The van der Waals surface area contributed by atoms with Gasteiger partial charge < -0.3 is 0 Å². The second kappa shape index (κ2) is 5.99. The number of rotatable bonds is 5. The summed E-state index contributed by atoms with van der Waals surface area (Å²) >= 11 is 5.72. The van der Waals surface area contributed by atoms with E-state index in [1.807, 2.05) is 30.3 Å². The molecular weight excluding hydrogens is 320 g/mol. The van der Waals surface area contributed by atoms with Crippen molar-refractivity contribution in [2.24, 2.45) is 11.8 Å². The second-order valence-electron chi connectivity index (χ2n) is 5.70. The minimum absolute atomic E-state index is 0.131. The molecule has 3 atom stereocenters. The molecule has 6 heteroatoms. The smallest absolute Gasteiger partial charge is 0.242 e. The van der Waals surface area contributed by atoms with Crippen LogP contribution in [0.4, 0.5) is 0 Å². The van der Waals surface area contributed by atoms with Crippen molar-refractivity contribution in [1.82, 2.24) is 9.71 Å². The number of sulfonamides is 1. The van der Waals surface area contributed by atoms with Crippen molar-refractivity contribution in [3.63, 3.8) is 0 Å². The highest BCUT2D eigenvalue weighted by Crippen LogP contribution is 2.47. The monoisotopic (exact) mass is 336 g/mol. The summed E-state index contributed by atoms with van der Waals surface area (Å²) in [6, 6.07) is 12.4. The highest BCUT2D eigenvalue weighted by molar-refractivity contribution is 7.89. The van der Waals surface area contributed by atoms with E-state index in [1.165, 1.54) is 18.3 Å². The molecule has 2 aromatic rings. The van der Waals surface area contributed by atoms with Crippen molar-refractivity contribution in [3.05, 3.63) is 59.4 Å². The van der Waals surface area contributed by atoms with E-state index in [1.54, 1.807) is 0 Å². The van der Waals surface area contributed by atoms with Gasteiger partial charge in [0.1, 0.15) is 10.0 Å². The topological polar surface area (TPSA) is 59.1 Å². The summed E-state index contributed by atoms with van der Waals surface area (Å²) in [5.41, 5.74) is 0.988. The van der Waals surface area contributed by atoms with Crippen LogP contribution in [0.5, 0.6) is 0 Å². The number of hydrogen-bond acceptors (Lipinski definition) is 3. The van der Waals surface area contributed by atoms with Gasteiger partial charge in [-0.25, -0.2) is 18.1 Å². The lowest BCUT2D eigenvalue weighted by atomic mass is 10.0. The van der Waals surface area contributed by atoms with Crippen molar-refractivity contribution in [3.8, 4) is 0 Å². The van der Waals surface area contributed by atoms with E-state index >= 15 is 0 Å². The molecule has 1 heterocycles. The Morgan fingerprint density at radius 1 is 1.23 bits per heavy atom. The summed E-state index contributed by atoms with van der Waals surface area (Å²) in [7, 11) is -3.62. The number of aromatic nitrogens is 1. The first-order valence-corrected chi connectivity index (χ1v) is 9.02. The van der Waals surface area contributed by atoms with Crippen molar-refractivity contribution in [2.45, 2.75) is 24.3 Å². The Balaban J connectivity index is 1.88. The fourth-order valence-electron chi connectivity index (χ4n) is 2.63. The summed E-state index contributed by atoms with van der Waals surface area (Å²) in [5.74, 6) is 0.855. The second-order valence-corrected chi connectivity index (χ2v) is 7.80. The van der Waals surface area contributed by atoms with Gasteiger partial charge >= 0.3 is 0 Å². The molecule has 1 aromatic carbocycles. The van der Waals surface area contributed by atoms with Crippen LogP contribution in [-0.2, 0) is 10.0 Å². The standard InChI is InChI=1S/C16H17ClN2O2S/c1-11-9-14(11)16(12-5-3-2-4-6-12)19-22(20,21)13-7-8-15(17)18-10-13/h2-8,10-11,14,16,19H,9H2,1H3. The maximum Gasteiger partial charge on any atom is 0.242 e. The average Bonchev–Trinajstić information content (AvgIpc) is 3.23. The van der Waals surface area contributed by atoms with Crippen molar-refractivity contribution < 1.29 is 8.42 Å². The minimum atomic E-state index is -3.62. The molecule has 3 unspecified atom stereocenters. The Morgan fingerprint density at radius 2 is 1.91 bits per heavy atom. The largest absolute Gasteiger partial charge is 0.243 e. The van der Waals surface area contributed by atoms with Crippen LogP contribution in [0.2, 0.25) is 5.15 Å². The van der Waals surface area contributed by atoms with Crippen LogP contribution in [0, 0.1) is 11.8 Å². The Bertz CT molecular complexity index is 747. The molecule has 3 rings (SSSR count). The van der Waals surface area contributed by atoms with Gasteiger partial charge in [0, 0.05) is 6.20 Å². The van der Waals surface area contributed by atoms with E-state index in [2.05, 4.69) is 16.6 Å². The predicted octanol–water partition coefficient (Wildman–Crippen LogP) is 3.41. The molecule has 116 valence electrons. The molecular formula is C16H17ClN2O2S. The van der Waals surface area contributed by atoms with Crippen molar-refractivity contribution in [2.75, 3.05) is 0 Å². The quantitative estimate of drug-likeness (QED) is 0.851. The van der Waals surface area contributed by atoms with Crippen LogP contribution in [-0.4, -0.2) is 13.4 Å². The Hall–Kier alpha value is -1.43. The third-order valence-corrected chi connectivity index (χ3v) is 5.70. The maximum atomic E-state index is 12.6. The molecule has 1 aromatic heterocycles. The molecule has 1 aliphatic rings. The normalized spacial score (nSPS) is 22.3. The highest BCUT2D eigenvalue weighted by Gasteiger charge is 2.42. The first-order chi connectivity index (χ1) is 10.5. The van der Waals surface area contributed by atoms with Crippen molar-refractivity contribution in [1.29, 1.82) is 0 Å². The molecule has 4 nitrogen and oxygen atoms in total. The number of pyridine rings is 1. The molecule has 0 bridgehead atoms. The Morgan fingerprint density at radius 3 is 2.45 bits per heavy atom. The van der Waals surface area contributed by atoms with Gasteiger partial charge in [0.2, 0.25) is 10.0 Å². The molecule has 0 amide bonds. The molecule has 1 fully saturated rings. The van der Waals surface area contributed by atoms with E-state index in [4.69, 9.17) is 11.6 Å². The van der Waals surface area contributed by atoms with E-state index in [0.717, 1.165) is 12.0 Å². The number of halogens is 1. The fourth-order valence-corrected chi connectivity index (χ4v) is 3.97. The lowest BCUT2D eigenvalue weighted by Gasteiger charge is -2.19. The zero-order chi connectivity index (χ0) is 15.7. The summed E-state index contributed by atoms with van der Waals surface area (Å²) in [5, 5.41) is 0.273. The van der Waals surface area contributed by atoms with E-state index in [0.29, 0.717) is 11.8 Å². The van der Waals surface area contributed by atoms with Crippen LogP contribution < -0.4 is 4.72 Å². The molecule has 1 saturated carbocycles. The molecule has 0 radical (unpaired) electrons. The average molecular weight is 337 g/mol. The number of nitrogens with zero attached hydrogens (tertiary/aromatic N) is 1. The first-order valence-electron chi connectivity index (χ1n) is 7.16. The number of benzene rings is 1. The third-order valence-electron chi connectivity index (χ3n) is 4.05. The van der Waals surface area contributed by atoms with E-state index in [-0.39, 0.29) is 16.1 Å². The Kier molecular flexibility index (Phi) is 4.21. The van der Waals surface area contributed by atoms with E-state index < -0.39 is 10.0 Å². The molecule has 0 spiro atoms. The van der Waals surface area contributed by atoms with Gasteiger partial charge in [-0.05, 0) is 36.0 Å². The molecule has 22 heavy (non-hydrogen) atoms. The number of hydrogen-bond donors (Lipinski definition) is 1. The van der Waals surface area contributed by atoms with E-state index in [9.17, 15) is 8.42 Å². The summed E-state index contributed by atoms with van der Waals surface area (Å²) in [4.78, 5) is 3.98. The van der Waals surface area contributed by atoms with Crippen LogP contribution >= 0.6 is 11.6 Å². The summed E-state index contributed by atoms with van der Waals surface area (Å²) < 4.78 is 28.0. The van der Waals surface area contributed by atoms with Gasteiger partial charge in [-0.2, -0.15) is 0 Å². The molecule has 0 aliphatic heterocycles. The van der Waals surface area contributed by atoms with Crippen LogP contribution in [0.3, 0.4) is 0 Å². The van der Waals surface area contributed by atoms with Gasteiger partial charge in [0.05, 0.1) is 6.04 Å². The predicted molar refractivity (Wildman–Crippen MR) is 86.0 cm³/mol. The summed E-state index contributed by atoms with van der Waals surface area (Å²) in [6.45, 7) is 2.14. The number of nitrogens with one attached hydrogen (secondary N) is 1. The summed E-state index contributed by atoms with van der Waals surface area (Å²) in [6.07, 6.45) is 2.31. The fraction of sp³-hybridized carbons (Fsp3) is 0.312. The van der Waals surface area contributed by atoms with Gasteiger partial charge in [0.25, 0.3) is 0 Å². The minimum Gasteiger partial charge on any atom is -0.243 e. The Labute approximate surface area is 135 Å². The third kappa shape index (κ3) is 3.32. The zero-order valence-electron chi connectivity index (χ0n) is 12.1. The van der Waals surface area contributed by atoms with Crippen LogP contribution in [0.15, 0.2) is 53.6 Å². The van der Waals surface area contributed by atoms with Gasteiger partial charge in [-0.1, -0.05) is 48.9 Å². The first kappa shape index (κ1) is 15.5. The maximum absolute atomic E-state index is 12.6. The van der Waals surface area contributed by atoms with Gasteiger partial charge in [-0.15, -0.1) is 0 Å². The zero-order valence-corrected chi connectivity index (χ0v) is 13.7.